The summed E-state index contributed by atoms with van der Waals surface area (Å²) >= 11 is 1.45. The van der Waals surface area contributed by atoms with Gasteiger partial charge in [0.1, 0.15) is 11.5 Å². The number of ether oxygens (including phenoxy) is 1. The first kappa shape index (κ1) is 27.5. The van der Waals surface area contributed by atoms with Crippen molar-refractivity contribution in [3.63, 3.8) is 0 Å². The van der Waals surface area contributed by atoms with Crippen LogP contribution in [0.25, 0.3) is 20.8 Å². The number of ketones is 1. The molecule has 4 aromatic rings. The predicted molar refractivity (Wildman–Crippen MR) is 158 cm³/mol. The zero-order valence-corrected chi connectivity index (χ0v) is 24.0. The smallest absolute Gasteiger partial charge is 0.255 e. The molecule has 212 valence electrons. The van der Waals surface area contributed by atoms with Crippen molar-refractivity contribution in [1.82, 2.24) is 19.8 Å². The fraction of sp³-hybridized carbons (Fsp3) is 0.375. The van der Waals surface area contributed by atoms with Gasteiger partial charge in [-0.2, -0.15) is 0 Å². The summed E-state index contributed by atoms with van der Waals surface area (Å²) in [5.74, 6) is 0.774. The van der Waals surface area contributed by atoms with Crippen LogP contribution in [0, 0.1) is 11.7 Å². The van der Waals surface area contributed by atoms with Crippen molar-refractivity contribution < 1.29 is 18.7 Å². The molecule has 2 aliphatic rings. The molecule has 0 radical (unpaired) electrons. The summed E-state index contributed by atoms with van der Waals surface area (Å²) in [6, 6.07) is 12.0. The molecule has 0 atom stereocenters. The van der Waals surface area contributed by atoms with Crippen molar-refractivity contribution in [1.29, 1.82) is 0 Å². The molecular weight excluding hydrogens is 539 g/mol. The van der Waals surface area contributed by atoms with Crippen LogP contribution in [0.3, 0.4) is 0 Å². The number of Topliss-reactive ketones (excluding diaryl/α,β-unsaturated/α-hetero) is 1. The number of pyridine rings is 2. The molecule has 0 spiro atoms. The number of hydrogen-bond acceptors (Lipinski definition) is 7. The van der Waals surface area contributed by atoms with Gasteiger partial charge < -0.3 is 9.64 Å². The Bertz CT molecular complexity index is 1560. The largest absolute Gasteiger partial charge is 0.453 e. The van der Waals surface area contributed by atoms with Crippen LogP contribution in [-0.2, 0) is 11.2 Å². The monoisotopic (exact) mass is 572 g/mol. The third-order valence-electron chi connectivity index (χ3n) is 7.67. The minimum absolute atomic E-state index is 0.00853. The Morgan fingerprint density at radius 3 is 2.56 bits per heavy atom. The first-order chi connectivity index (χ1) is 20.0. The fourth-order valence-corrected chi connectivity index (χ4v) is 6.30. The van der Waals surface area contributed by atoms with E-state index in [1.807, 2.05) is 23.1 Å². The van der Waals surface area contributed by atoms with Crippen molar-refractivity contribution >= 4 is 33.2 Å². The van der Waals surface area contributed by atoms with Gasteiger partial charge >= 0.3 is 0 Å². The van der Waals surface area contributed by atoms with Gasteiger partial charge in [-0.25, -0.2) is 4.39 Å². The normalized spacial score (nSPS) is 15.8. The van der Waals surface area contributed by atoms with Crippen molar-refractivity contribution in [2.24, 2.45) is 5.92 Å². The molecule has 1 amide bonds. The summed E-state index contributed by atoms with van der Waals surface area (Å²) in [5.41, 5.74) is 2.69. The number of rotatable bonds is 10. The molecule has 1 aliphatic heterocycles. The molecule has 0 bridgehead atoms. The lowest BCUT2D eigenvalue weighted by Crippen LogP contribution is -2.48. The molecule has 3 aromatic heterocycles. The Morgan fingerprint density at radius 2 is 1.85 bits per heavy atom. The summed E-state index contributed by atoms with van der Waals surface area (Å²) in [5, 5.41) is 0. The maximum Gasteiger partial charge on any atom is 0.255 e. The Morgan fingerprint density at radius 1 is 1.02 bits per heavy atom. The van der Waals surface area contributed by atoms with Gasteiger partial charge in [0.15, 0.2) is 11.6 Å². The van der Waals surface area contributed by atoms with E-state index in [0.717, 1.165) is 72.8 Å². The number of halogens is 1. The van der Waals surface area contributed by atoms with E-state index in [1.54, 1.807) is 30.6 Å². The molecule has 2 fully saturated rings. The van der Waals surface area contributed by atoms with E-state index in [1.165, 1.54) is 17.4 Å². The van der Waals surface area contributed by atoms with E-state index in [-0.39, 0.29) is 23.9 Å². The van der Waals surface area contributed by atoms with Crippen LogP contribution >= 0.6 is 11.3 Å². The van der Waals surface area contributed by atoms with Crippen LogP contribution in [0.4, 0.5) is 4.39 Å². The lowest BCUT2D eigenvalue weighted by molar-refractivity contribution is -0.118. The SMILES string of the molecule is CCCN1CCN(C(=O)c2ccc(-c3cc4nccc(Oc5ccc(CC(=O)CC6CC6)cc5F)c4s3)nc2)CC1. The standard InChI is InChI=1S/C32H33FN4O3S/c1-2-11-36-12-14-37(15-13-36)32(39)23-6-7-26(35-20-23)30-19-27-31(41-30)29(9-10-34-27)40-28-8-5-22(18-25(28)33)17-24(38)16-21-3-4-21/h5-10,18-21H,2-4,11-17H2,1H3. The van der Waals surface area contributed by atoms with E-state index < -0.39 is 5.82 Å². The highest BCUT2D eigenvalue weighted by molar-refractivity contribution is 7.22. The summed E-state index contributed by atoms with van der Waals surface area (Å²) in [6.45, 7) is 6.50. The predicted octanol–water partition coefficient (Wildman–Crippen LogP) is 6.37. The zero-order valence-electron chi connectivity index (χ0n) is 23.1. The third-order valence-corrected chi connectivity index (χ3v) is 8.83. The number of fused-ring (bicyclic) bond motifs is 1. The Balaban J connectivity index is 1.14. The summed E-state index contributed by atoms with van der Waals surface area (Å²) in [6.07, 6.45) is 7.46. The number of nitrogens with zero attached hydrogens (tertiary/aromatic N) is 4. The maximum absolute atomic E-state index is 14.9. The molecule has 4 heterocycles. The second kappa shape index (κ2) is 12.0. The summed E-state index contributed by atoms with van der Waals surface area (Å²) in [7, 11) is 0. The van der Waals surface area contributed by atoms with Gasteiger partial charge in [0.2, 0.25) is 0 Å². The van der Waals surface area contributed by atoms with Gasteiger partial charge in [-0.1, -0.05) is 13.0 Å². The number of piperazine rings is 1. The fourth-order valence-electron chi connectivity index (χ4n) is 5.26. The molecular formula is C32H33FN4O3S. The quantitative estimate of drug-likeness (QED) is 0.220. The van der Waals surface area contributed by atoms with Crippen LogP contribution in [0.1, 0.15) is 48.5 Å². The summed E-state index contributed by atoms with van der Waals surface area (Å²) < 4.78 is 21.7. The first-order valence-electron chi connectivity index (χ1n) is 14.3. The minimum atomic E-state index is -0.503. The molecule has 9 heteroatoms. The molecule has 1 aliphatic carbocycles. The molecule has 1 saturated carbocycles. The van der Waals surface area contributed by atoms with Crippen LogP contribution in [0.2, 0.25) is 0 Å². The Kier molecular flexibility index (Phi) is 8.07. The molecule has 1 aromatic carbocycles. The Hall–Kier alpha value is -3.69. The molecule has 41 heavy (non-hydrogen) atoms. The van der Waals surface area contributed by atoms with Crippen LogP contribution in [0.5, 0.6) is 11.5 Å². The average Bonchev–Trinajstić information content (AvgIpc) is 3.68. The molecule has 0 unspecified atom stereocenters. The second-order valence-corrected chi connectivity index (χ2v) is 12.0. The summed E-state index contributed by atoms with van der Waals surface area (Å²) in [4.78, 5) is 39.4. The highest BCUT2D eigenvalue weighted by Gasteiger charge is 2.25. The minimum Gasteiger partial charge on any atom is -0.453 e. The van der Waals surface area contributed by atoms with Crippen molar-refractivity contribution in [2.75, 3.05) is 32.7 Å². The second-order valence-electron chi connectivity index (χ2n) is 10.9. The number of thiophene rings is 1. The van der Waals surface area contributed by atoms with Crippen LogP contribution in [-0.4, -0.2) is 64.2 Å². The van der Waals surface area contributed by atoms with Crippen molar-refractivity contribution in [3.05, 3.63) is 71.8 Å². The third kappa shape index (κ3) is 6.47. The zero-order chi connectivity index (χ0) is 28.3. The van der Waals surface area contributed by atoms with Gasteiger partial charge in [0, 0.05) is 57.5 Å². The topological polar surface area (TPSA) is 75.6 Å². The van der Waals surface area contributed by atoms with E-state index in [9.17, 15) is 14.0 Å². The molecule has 1 saturated heterocycles. The number of hydrogen-bond donors (Lipinski definition) is 0. The molecule has 7 nitrogen and oxygen atoms in total. The number of carbonyl (C=O) groups excluding carboxylic acids is 2. The van der Waals surface area contributed by atoms with E-state index >= 15 is 0 Å². The van der Waals surface area contributed by atoms with Gasteiger partial charge in [-0.3, -0.25) is 24.5 Å². The highest BCUT2D eigenvalue weighted by Crippen LogP contribution is 2.39. The van der Waals surface area contributed by atoms with Gasteiger partial charge in [0.25, 0.3) is 5.91 Å². The van der Waals surface area contributed by atoms with Gasteiger partial charge in [0.05, 0.1) is 26.4 Å². The first-order valence-corrected chi connectivity index (χ1v) is 15.1. The molecule has 0 N–H and O–H groups in total. The van der Waals surface area contributed by atoms with E-state index in [2.05, 4.69) is 21.8 Å². The maximum atomic E-state index is 14.9. The van der Waals surface area contributed by atoms with Gasteiger partial charge in [-0.15, -0.1) is 11.3 Å². The molecule has 6 rings (SSSR count). The highest BCUT2D eigenvalue weighted by atomic mass is 32.1. The van der Waals surface area contributed by atoms with Crippen LogP contribution < -0.4 is 4.74 Å². The van der Waals surface area contributed by atoms with Crippen molar-refractivity contribution in [2.45, 2.75) is 39.0 Å². The van der Waals surface area contributed by atoms with E-state index in [0.29, 0.717) is 29.2 Å². The average molecular weight is 573 g/mol. The van der Waals surface area contributed by atoms with E-state index in [4.69, 9.17) is 4.74 Å². The van der Waals surface area contributed by atoms with Crippen molar-refractivity contribution in [3.8, 4) is 22.1 Å². The Labute approximate surface area is 243 Å². The van der Waals surface area contributed by atoms with Gasteiger partial charge in [-0.05, 0) is 67.6 Å². The lowest BCUT2D eigenvalue weighted by atomic mass is 10.0. The number of benzene rings is 1. The number of amides is 1. The van der Waals surface area contributed by atoms with Crippen LogP contribution in [0.15, 0.2) is 54.9 Å². The lowest BCUT2D eigenvalue weighted by Gasteiger charge is -2.34. The number of carbonyl (C=O) groups is 2. The number of aromatic nitrogens is 2.